The van der Waals surface area contributed by atoms with Crippen molar-refractivity contribution in [2.24, 2.45) is 0 Å². The van der Waals surface area contributed by atoms with E-state index in [0.29, 0.717) is 17.1 Å². The standard InChI is InChI=1S/C25H23ClN4O2/c1-16-5-4-6-23(32-3)21(16)14-29-25(31)18-7-8-22(26)19(12-18)20-13-28-24(11-17(20)2)30-10-9-27-15-30/h4-13,15H,14H2,1-3H3,(H,29,31). The second kappa shape index (κ2) is 9.24. The molecule has 0 atom stereocenters. The van der Waals surface area contributed by atoms with Crippen molar-refractivity contribution in [1.29, 1.82) is 0 Å². The van der Waals surface area contributed by atoms with Gasteiger partial charge in [-0.1, -0.05) is 23.7 Å². The number of aromatic nitrogens is 3. The van der Waals surface area contributed by atoms with Crippen LogP contribution in [0.2, 0.25) is 5.02 Å². The zero-order valence-electron chi connectivity index (χ0n) is 18.1. The maximum absolute atomic E-state index is 12.9. The normalized spacial score (nSPS) is 10.8. The largest absolute Gasteiger partial charge is 0.496 e. The summed E-state index contributed by atoms with van der Waals surface area (Å²) >= 11 is 6.49. The lowest BCUT2D eigenvalue weighted by Crippen LogP contribution is -2.23. The minimum atomic E-state index is -0.186. The summed E-state index contributed by atoms with van der Waals surface area (Å²) in [4.78, 5) is 21.5. The van der Waals surface area contributed by atoms with Gasteiger partial charge in [0.2, 0.25) is 0 Å². The number of methoxy groups -OCH3 is 1. The molecule has 1 N–H and O–H groups in total. The first-order chi connectivity index (χ1) is 15.5. The molecule has 0 aliphatic heterocycles. The molecule has 162 valence electrons. The van der Waals surface area contributed by atoms with Crippen LogP contribution in [-0.2, 0) is 6.54 Å². The van der Waals surface area contributed by atoms with Crippen LogP contribution in [0.25, 0.3) is 16.9 Å². The third kappa shape index (κ3) is 4.36. The van der Waals surface area contributed by atoms with Crippen molar-refractivity contribution in [1.82, 2.24) is 19.9 Å². The second-order valence-electron chi connectivity index (χ2n) is 7.46. The van der Waals surface area contributed by atoms with Gasteiger partial charge in [0.1, 0.15) is 17.9 Å². The first-order valence-corrected chi connectivity index (χ1v) is 10.5. The van der Waals surface area contributed by atoms with Gasteiger partial charge >= 0.3 is 0 Å². The van der Waals surface area contributed by atoms with E-state index in [-0.39, 0.29) is 5.91 Å². The van der Waals surface area contributed by atoms with Crippen LogP contribution in [0.15, 0.2) is 67.4 Å². The molecule has 32 heavy (non-hydrogen) atoms. The number of pyridine rings is 1. The number of benzene rings is 2. The molecule has 2 heterocycles. The number of halogens is 1. The van der Waals surface area contributed by atoms with Crippen molar-refractivity contribution in [3.8, 4) is 22.7 Å². The highest BCUT2D eigenvalue weighted by atomic mass is 35.5. The number of carbonyl (C=O) groups excluding carboxylic acids is 1. The van der Waals surface area contributed by atoms with Crippen LogP contribution in [0.4, 0.5) is 0 Å². The van der Waals surface area contributed by atoms with E-state index >= 15 is 0 Å². The summed E-state index contributed by atoms with van der Waals surface area (Å²) in [6.45, 7) is 4.35. The molecule has 2 aromatic carbocycles. The maximum Gasteiger partial charge on any atom is 0.251 e. The van der Waals surface area contributed by atoms with Crippen LogP contribution < -0.4 is 10.1 Å². The van der Waals surface area contributed by atoms with Crippen LogP contribution in [0.1, 0.15) is 27.0 Å². The first-order valence-electron chi connectivity index (χ1n) is 10.1. The number of hydrogen-bond acceptors (Lipinski definition) is 4. The molecule has 2 aromatic heterocycles. The molecule has 0 saturated heterocycles. The Morgan fingerprint density at radius 1 is 1.12 bits per heavy atom. The summed E-state index contributed by atoms with van der Waals surface area (Å²) < 4.78 is 7.26. The molecule has 4 aromatic rings. The molecule has 4 rings (SSSR count). The number of amides is 1. The lowest BCUT2D eigenvalue weighted by atomic mass is 10.00. The van der Waals surface area contributed by atoms with Crippen molar-refractivity contribution >= 4 is 17.5 Å². The molecular weight excluding hydrogens is 424 g/mol. The lowest BCUT2D eigenvalue weighted by molar-refractivity contribution is 0.0950. The molecule has 0 aliphatic carbocycles. The van der Waals surface area contributed by atoms with Gasteiger partial charge in [-0.3, -0.25) is 9.36 Å². The van der Waals surface area contributed by atoms with Gasteiger partial charge in [0.15, 0.2) is 0 Å². The Morgan fingerprint density at radius 3 is 2.69 bits per heavy atom. The van der Waals surface area contributed by atoms with Gasteiger partial charge in [0.25, 0.3) is 5.91 Å². The summed E-state index contributed by atoms with van der Waals surface area (Å²) in [6, 6.07) is 13.0. The summed E-state index contributed by atoms with van der Waals surface area (Å²) in [7, 11) is 1.63. The van der Waals surface area contributed by atoms with E-state index in [1.54, 1.807) is 44.0 Å². The average Bonchev–Trinajstić information content (AvgIpc) is 3.33. The average molecular weight is 447 g/mol. The van der Waals surface area contributed by atoms with Crippen LogP contribution in [0, 0.1) is 13.8 Å². The predicted molar refractivity (Wildman–Crippen MR) is 125 cm³/mol. The molecule has 0 spiro atoms. The SMILES string of the molecule is COc1cccc(C)c1CNC(=O)c1ccc(Cl)c(-c2cnc(-n3ccnc3)cc2C)c1. The molecule has 6 nitrogen and oxygen atoms in total. The number of carbonyl (C=O) groups is 1. The molecule has 0 bridgehead atoms. The zero-order valence-corrected chi connectivity index (χ0v) is 18.8. The third-order valence-corrected chi connectivity index (χ3v) is 5.73. The van der Waals surface area contributed by atoms with Crippen molar-refractivity contribution in [3.05, 3.63) is 94.7 Å². The van der Waals surface area contributed by atoms with E-state index in [2.05, 4.69) is 15.3 Å². The summed E-state index contributed by atoms with van der Waals surface area (Å²) in [6.07, 6.45) is 7.01. The molecule has 1 amide bonds. The fourth-order valence-corrected chi connectivity index (χ4v) is 3.82. The molecule has 0 saturated carbocycles. The molecule has 0 aliphatic rings. The molecule has 0 fully saturated rings. The third-order valence-electron chi connectivity index (χ3n) is 5.40. The van der Waals surface area contributed by atoms with Crippen LogP contribution in [0.5, 0.6) is 5.75 Å². The van der Waals surface area contributed by atoms with Gasteiger partial charge in [0, 0.05) is 52.4 Å². The molecule has 0 radical (unpaired) electrons. The lowest BCUT2D eigenvalue weighted by Gasteiger charge is -2.14. The fourth-order valence-electron chi connectivity index (χ4n) is 3.60. The quantitative estimate of drug-likeness (QED) is 0.445. The van der Waals surface area contributed by atoms with Crippen LogP contribution in [-0.4, -0.2) is 27.6 Å². The number of aryl methyl sites for hydroxylation is 2. The zero-order chi connectivity index (χ0) is 22.7. The van der Waals surface area contributed by atoms with E-state index in [1.807, 2.05) is 48.9 Å². The number of rotatable bonds is 6. The predicted octanol–water partition coefficient (Wildman–Crippen LogP) is 5.14. The van der Waals surface area contributed by atoms with E-state index in [9.17, 15) is 4.79 Å². The Morgan fingerprint density at radius 2 is 1.97 bits per heavy atom. The Labute approximate surface area is 191 Å². The van der Waals surface area contributed by atoms with Crippen molar-refractivity contribution in [2.75, 3.05) is 7.11 Å². The van der Waals surface area contributed by atoms with Gasteiger partial charge in [0.05, 0.1) is 7.11 Å². The van der Waals surface area contributed by atoms with Crippen molar-refractivity contribution < 1.29 is 9.53 Å². The monoisotopic (exact) mass is 446 g/mol. The highest BCUT2D eigenvalue weighted by Gasteiger charge is 2.14. The topological polar surface area (TPSA) is 69.0 Å². The first kappa shape index (κ1) is 21.6. The van der Waals surface area contributed by atoms with Crippen LogP contribution >= 0.6 is 11.6 Å². The molecule has 7 heteroatoms. The summed E-state index contributed by atoms with van der Waals surface area (Å²) in [5, 5.41) is 3.54. The summed E-state index contributed by atoms with van der Waals surface area (Å²) in [5.74, 6) is 1.33. The highest BCUT2D eigenvalue weighted by molar-refractivity contribution is 6.33. The van der Waals surface area contributed by atoms with Gasteiger partial charge in [-0.2, -0.15) is 0 Å². The number of imidazole rings is 1. The van der Waals surface area contributed by atoms with Gasteiger partial charge in [-0.15, -0.1) is 0 Å². The number of ether oxygens (including phenoxy) is 1. The van der Waals surface area contributed by atoms with Crippen molar-refractivity contribution in [3.63, 3.8) is 0 Å². The Kier molecular flexibility index (Phi) is 6.23. The molecule has 0 unspecified atom stereocenters. The van der Waals surface area contributed by atoms with Gasteiger partial charge in [-0.25, -0.2) is 9.97 Å². The minimum Gasteiger partial charge on any atom is -0.496 e. The molecular formula is C25H23ClN4O2. The van der Waals surface area contributed by atoms with E-state index < -0.39 is 0 Å². The fraction of sp³-hybridized carbons (Fsp3) is 0.160. The van der Waals surface area contributed by atoms with Gasteiger partial charge < -0.3 is 10.1 Å². The minimum absolute atomic E-state index is 0.186. The Balaban J connectivity index is 1.59. The van der Waals surface area contributed by atoms with Gasteiger partial charge in [-0.05, 0) is 55.3 Å². The number of nitrogens with zero attached hydrogens (tertiary/aromatic N) is 3. The maximum atomic E-state index is 12.9. The Hall–Kier alpha value is -3.64. The summed E-state index contributed by atoms with van der Waals surface area (Å²) in [5.41, 5.74) is 5.15. The highest BCUT2D eigenvalue weighted by Crippen LogP contribution is 2.31. The number of nitrogens with one attached hydrogen (secondary N) is 1. The van der Waals surface area contributed by atoms with Crippen LogP contribution in [0.3, 0.4) is 0 Å². The van der Waals surface area contributed by atoms with E-state index in [4.69, 9.17) is 16.3 Å². The van der Waals surface area contributed by atoms with E-state index in [0.717, 1.165) is 39.4 Å². The van der Waals surface area contributed by atoms with Crippen molar-refractivity contribution in [2.45, 2.75) is 20.4 Å². The second-order valence-corrected chi connectivity index (χ2v) is 7.87. The smallest absolute Gasteiger partial charge is 0.251 e. The number of hydrogen-bond donors (Lipinski definition) is 1. The Bertz CT molecular complexity index is 1270. The van der Waals surface area contributed by atoms with E-state index in [1.165, 1.54) is 0 Å².